The van der Waals surface area contributed by atoms with Crippen molar-refractivity contribution in [3.63, 3.8) is 0 Å². The second-order valence-electron chi connectivity index (χ2n) is 11.0. The molecule has 0 aliphatic rings. The zero-order valence-corrected chi connectivity index (χ0v) is 25.0. The Morgan fingerprint density at radius 3 is 2.30 bits per heavy atom. The van der Waals surface area contributed by atoms with Gasteiger partial charge >= 0.3 is 0 Å². The van der Waals surface area contributed by atoms with Gasteiger partial charge in [-0.25, -0.2) is 4.68 Å². The molecule has 4 aromatic carbocycles. The smallest absolute Gasteiger partial charge is 0.253 e. The zero-order valence-electron chi connectivity index (χ0n) is 24.2. The van der Waals surface area contributed by atoms with Crippen LogP contribution in [0.25, 0.3) is 10.9 Å². The number of aromatic nitrogens is 5. The summed E-state index contributed by atoms with van der Waals surface area (Å²) in [7, 11) is 0. The van der Waals surface area contributed by atoms with E-state index in [0.29, 0.717) is 36.0 Å². The maximum absolute atomic E-state index is 14.0. The van der Waals surface area contributed by atoms with Gasteiger partial charge in [-0.15, -0.1) is 5.10 Å². The number of benzene rings is 4. The molecule has 0 aliphatic heterocycles. The van der Waals surface area contributed by atoms with Gasteiger partial charge < -0.3 is 4.98 Å². The minimum absolute atomic E-state index is 0.169. The van der Waals surface area contributed by atoms with Crippen LogP contribution in [0.1, 0.15) is 45.2 Å². The summed E-state index contributed by atoms with van der Waals surface area (Å²) < 4.78 is 1.83. The number of tetrazole rings is 1. The molecule has 8 heteroatoms. The number of hydrogen-bond donors (Lipinski definition) is 1. The lowest BCUT2D eigenvalue weighted by molar-refractivity contribution is 0.193. The minimum atomic E-state index is -0.559. The Morgan fingerprint density at radius 1 is 0.860 bits per heavy atom. The summed E-state index contributed by atoms with van der Waals surface area (Å²) in [6.07, 6.45) is 0.751. The maximum Gasteiger partial charge on any atom is 0.253 e. The number of nitrogens with one attached hydrogen (secondary N) is 1. The first kappa shape index (κ1) is 28.5. The second-order valence-corrected chi connectivity index (χ2v) is 11.4. The van der Waals surface area contributed by atoms with Crippen LogP contribution < -0.4 is 5.56 Å². The molecule has 1 atom stereocenters. The summed E-state index contributed by atoms with van der Waals surface area (Å²) >= 11 is 6.70. The lowest BCUT2D eigenvalue weighted by atomic mass is 9.99. The Kier molecular flexibility index (Phi) is 8.45. The highest BCUT2D eigenvalue weighted by Gasteiger charge is 2.31. The fraction of sp³-hybridized carbons (Fsp3) is 0.200. The minimum Gasteiger partial charge on any atom is -0.322 e. The van der Waals surface area contributed by atoms with E-state index >= 15 is 0 Å². The molecule has 0 bridgehead atoms. The molecule has 0 saturated carbocycles. The van der Waals surface area contributed by atoms with Crippen molar-refractivity contribution in [1.29, 1.82) is 0 Å². The first-order valence-corrected chi connectivity index (χ1v) is 14.8. The van der Waals surface area contributed by atoms with Gasteiger partial charge in [-0.2, -0.15) is 0 Å². The van der Waals surface area contributed by atoms with Gasteiger partial charge in [-0.3, -0.25) is 9.69 Å². The molecule has 0 radical (unpaired) electrons. The Labute approximate surface area is 255 Å². The van der Waals surface area contributed by atoms with Crippen LogP contribution >= 0.6 is 11.6 Å². The van der Waals surface area contributed by atoms with Crippen LogP contribution in [-0.2, 0) is 26.1 Å². The van der Waals surface area contributed by atoms with Gasteiger partial charge in [0, 0.05) is 41.1 Å². The van der Waals surface area contributed by atoms with Crippen LogP contribution in [-0.4, -0.2) is 30.1 Å². The van der Waals surface area contributed by atoms with Gasteiger partial charge in [0.25, 0.3) is 5.56 Å². The Hall–Kier alpha value is -4.59. The van der Waals surface area contributed by atoms with Gasteiger partial charge in [0.2, 0.25) is 0 Å². The average Bonchev–Trinajstić information content (AvgIpc) is 3.47. The Bertz CT molecular complexity index is 1900. The number of fused-ring (bicyclic) bond motifs is 1. The van der Waals surface area contributed by atoms with Gasteiger partial charge in [0.15, 0.2) is 5.82 Å². The van der Waals surface area contributed by atoms with Crippen LogP contribution in [0.3, 0.4) is 0 Å². The molecule has 0 amide bonds. The third-order valence-electron chi connectivity index (χ3n) is 7.82. The van der Waals surface area contributed by atoms with Gasteiger partial charge in [0.05, 0.1) is 0 Å². The Morgan fingerprint density at radius 2 is 1.56 bits per heavy atom. The van der Waals surface area contributed by atoms with Crippen molar-refractivity contribution in [2.24, 2.45) is 0 Å². The lowest BCUT2D eigenvalue weighted by Gasteiger charge is -2.31. The molecule has 6 rings (SSSR count). The van der Waals surface area contributed by atoms with Crippen molar-refractivity contribution >= 4 is 22.5 Å². The normalized spacial score (nSPS) is 12.2. The molecule has 0 aliphatic carbocycles. The predicted octanol–water partition coefficient (Wildman–Crippen LogP) is 6.82. The molecule has 2 heterocycles. The lowest BCUT2D eigenvalue weighted by Crippen LogP contribution is -2.35. The molecular weight excluding hydrogens is 556 g/mol. The highest BCUT2D eigenvalue weighted by molar-refractivity contribution is 6.31. The number of aryl methyl sites for hydroxylation is 4. The first-order valence-electron chi connectivity index (χ1n) is 14.4. The number of pyridine rings is 1. The SMILES string of the molecule is Cc1cc(C)c2cc([C@@H](c3nnnn3CCc3ccccc3)N(Cc3ccccc3)Cc3ccccc3Cl)c(=O)[nH]c2c1. The molecule has 0 fully saturated rings. The number of aromatic amines is 1. The molecular formula is C35H33ClN6O. The highest BCUT2D eigenvalue weighted by atomic mass is 35.5. The molecule has 0 spiro atoms. The summed E-state index contributed by atoms with van der Waals surface area (Å²) in [5.74, 6) is 0.605. The summed E-state index contributed by atoms with van der Waals surface area (Å²) in [6.45, 7) is 5.70. The van der Waals surface area contributed by atoms with Crippen LogP contribution in [0.5, 0.6) is 0 Å². The average molecular weight is 589 g/mol. The molecule has 1 N–H and O–H groups in total. The molecule has 7 nitrogen and oxygen atoms in total. The first-order chi connectivity index (χ1) is 21.0. The quantitative estimate of drug-likeness (QED) is 0.190. The van der Waals surface area contributed by atoms with Crippen molar-refractivity contribution in [3.8, 4) is 0 Å². The van der Waals surface area contributed by atoms with Crippen molar-refractivity contribution in [2.75, 3.05) is 0 Å². The van der Waals surface area contributed by atoms with Crippen molar-refractivity contribution in [3.05, 3.63) is 158 Å². The van der Waals surface area contributed by atoms with Crippen molar-refractivity contribution in [2.45, 2.75) is 45.9 Å². The predicted molar refractivity (Wildman–Crippen MR) is 171 cm³/mol. The monoisotopic (exact) mass is 588 g/mol. The number of rotatable bonds is 10. The van der Waals surface area contributed by atoms with E-state index in [1.807, 2.05) is 84.4 Å². The zero-order chi connectivity index (χ0) is 29.8. The van der Waals surface area contributed by atoms with E-state index in [4.69, 9.17) is 11.6 Å². The van der Waals surface area contributed by atoms with E-state index in [1.54, 1.807) is 0 Å². The molecule has 2 aromatic heterocycles. The standard InChI is InChI=1S/C35H33ClN6O/c1-24-19-25(2)29-21-30(35(43)37-32(29)20-24)33(34-38-39-40-42(34)18-17-26-11-5-3-6-12-26)41(22-27-13-7-4-8-14-27)23-28-15-9-10-16-31(28)36/h3-16,19-21,33H,17-18,22-23H2,1-2H3,(H,37,43)/t33-/m0/s1. The summed E-state index contributed by atoms with van der Waals surface area (Å²) in [4.78, 5) is 19.4. The third kappa shape index (κ3) is 6.43. The van der Waals surface area contributed by atoms with Gasteiger partial charge in [-0.05, 0) is 76.7 Å². The number of H-pyrrole nitrogens is 1. The fourth-order valence-electron chi connectivity index (χ4n) is 5.74. The third-order valence-corrected chi connectivity index (χ3v) is 8.19. The van der Waals surface area contributed by atoms with E-state index in [0.717, 1.165) is 39.6 Å². The van der Waals surface area contributed by atoms with Crippen LogP contribution in [0.2, 0.25) is 5.02 Å². The van der Waals surface area contributed by atoms with Crippen LogP contribution in [0, 0.1) is 13.8 Å². The maximum atomic E-state index is 14.0. The van der Waals surface area contributed by atoms with E-state index in [-0.39, 0.29) is 5.56 Å². The largest absolute Gasteiger partial charge is 0.322 e. The second kappa shape index (κ2) is 12.7. The van der Waals surface area contributed by atoms with Crippen LogP contribution in [0.15, 0.2) is 108 Å². The number of halogens is 1. The van der Waals surface area contributed by atoms with Crippen molar-refractivity contribution < 1.29 is 0 Å². The topological polar surface area (TPSA) is 79.7 Å². The number of hydrogen-bond acceptors (Lipinski definition) is 5. The van der Waals surface area contributed by atoms with E-state index in [1.165, 1.54) is 5.56 Å². The van der Waals surface area contributed by atoms with Crippen molar-refractivity contribution in [1.82, 2.24) is 30.1 Å². The van der Waals surface area contributed by atoms with Crippen LogP contribution in [0.4, 0.5) is 0 Å². The van der Waals surface area contributed by atoms with Gasteiger partial charge in [0.1, 0.15) is 6.04 Å². The molecule has 216 valence electrons. The summed E-state index contributed by atoms with van der Waals surface area (Å²) in [5.41, 5.74) is 6.66. The highest BCUT2D eigenvalue weighted by Crippen LogP contribution is 2.32. The summed E-state index contributed by atoms with van der Waals surface area (Å²) in [6, 6.07) is 33.9. The van der Waals surface area contributed by atoms with E-state index in [9.17, 15) is 4.79 Å². The molecule has 0 saturated heterocycles. The van der Waals surface area contributed by atoms with E-state index in [2.05, 4.69) is 62.7 Å². The van der Waals surface area contributed by atoms with E-state index < -0.39 is 6.04 Å². The Balaban J connectivity index is 1.52. The molecule has 43 heavy (non-hydrogen) atoms. The fourth-order valence-corrected chi connectivity index (χ4v) is 5.94. The molecule has 0 unspecified atom stereocenters. The summed E-state index contributed by atoms with van der Waals surface area (Å²) in [5, 5.41) is 14.7. The number of nitrogens with zero attached hydrogens (tertiary/aromatic N) is 5. The molecule has 6 aromatic rings. The van der Waals surface area contributed by atoms with Gasteiger partial charge in [-0.1, -0.05) is 96.5 Å².